The van der Waals surface area contributed by atoms with Crippen LogP contribution in [0.3, 0.4) is 0 Å². The molecule has 0 amide bonds. The maximum absolute atomic E-state index is 5.90. The molecule has 2 heterocycles. The molecular weight excluding hydrogens is 318 g/mol. The highest BCUT2D eigenvalue weighted by Crippen LogP contribution is 2.26. The Bertz CT molecular complexity index is 767. The minimum absolute atomic E-state index is 0.444. The summed E-state index contributed by atoms with van der Waals surface area (Å²) in [5, 5.41) is 5.44. The molecule has 0 spiro atoms. The van der Waals surface area contributed by atoms with Crippen LogP contribution in [-0.4, -0.2) is 14.8 Å². The lowest BCUT2D eigenvalue weighted by atomic mass is 10.2. The van der Waals surface area contributed by atoms with E-state index in [0.29, 0.717) is 6.61 Å². The number of halogens is 1. The Morgan fingerprint density at radius 2 is 2.10 bits per heavy atom. The van der Waals surface area contributed by atoms with Gasteiger partial charge in [-0.15, -0.1) is 0 Å². The molecule has 1 aromatic carbocycles. The lowest BCUT2D eigenvalue weighted by Gasteiger charge is -2.08. The van der Waals surface area contributed by atoms with Crippen molar-refractivity contribution in [2.24, 2.45) is 7.05 Å². The lowest BCUT2D eigenvalue weighted by molar-refractivity contribution is 0.302. The molecule has 0 aliphatic rings. The van der Waals surface area contributed by atoms with Crippen molar-refractivity contribution in [3.05, 3.63) is 52.4 Å². The third kappa shape index (κ3) is 2.54. The number of benzene rings is 1. The fourth-order valence-corrected chi connectivity index (χ4v) is 2.46. The largest absolute Gasteiger partial charge is 0.485 e. The zero-order chi connectivity index (χ0) is 14.1. The maximum Gasteiger partial charge on any atom is 0.146 e. The van der Waals surface area contributed by atoms with Crippen LogP contribution in [0.25, 0.3) is 10.9 Å². The Labute approximate surface area is 125 Å². The average molecular weight is 332 g/mol. The van der Waals surface area contributed by atoms with Gasteiger partial charge in [0, 0.05) is 18.6 Å². The van der Waals surface area contributed by atoms with Crippen LogP contribution in [0.2, 0.25) is 0 Å². The second kappa shape index (κ2) is 5.25. The third-order valence-corrected chi connectivity index (χ3v) is 3.57. The molecule has 0 N–H and O–H groups in total. The summed E-state index contributed by atoms with van der Waals surface area (Å²) in [6, 6.07) is 9.87. The van der Waals surface area contributed by atoms with Crippen LogP contribution >= 0.6 is 15.9 Å². The van der Waals surface area contributed by atoms with Gasteiger partial charge in [0.15, 0.2) is 0 Å². The first-order valence-electron chi connectivity index (χ1n) is 6.30. The summed E-state index contributed by atoms with van der Waals surface area (Å²) in [6.45, 7) is 2.48. The first-order chi connectivity index (χ1) is 9.63. The molecular formula is C15H14BrN3O. The smallest absolute Gasteiger partial charge is 0.146 e. The first-order valence-corrected chi connectivity index (χ1v) is 7.10. The van der Waals surface area contributed by atoms with Gasteiger partial charge < -0.3 is 4.74 Å². The minimum atomic E-state index is 0.444. The number of fused-ring (bicyclic) bond motifs is 1. The van der Waals surface area contributed by atoms with Gasteiger partial charge in [-0.2, -0.15) is 5.10 Å². The van der Waals surface area contributed by atoms with Crippen molar-refractivity contribution in [1.82, 2.24) is 14.8 Å². The Morgan fingerprint density at radius 1 is 1.25 bits per heavy atom. The van der Waals surface area contributed by atoms with Gasteiger partial charge in [0.1, 0.15) is 28.2 Å². The predicted octanol–water partition coefficient (Wildman–Crippen LogP) is 3.62. The van der Waals surface area contributed by atoms with E-state index in [0.717, 1.165) is 32.5 Å². The van der Waals surface area contributed by atoms with Crippen molar-refractivity contribution in [2.45, 2.75) is 13.5 Å². The number of hydrogen-bond donors (Lipinski definition) is 0. The molecule has 0 saturated heterocycles. The SMILES string of the molecule is Cc1cn(C)nc1COc1cccc2ccc(Br)nc12. The van der Waals surface area contributed by atoms with Crippen LogP contribution in [0.15, 0.2) is 41.1 Å². The highest BCUT2D eigenvalue weighted by molar-refractivity contribution is 9.10. The fourth-order valence-electron chi connectivity index (χ4n) is 2.15. The second-order valence-corrected chi connectivity index (χ2v) is 5.50. The van der Waals surface area contributed by atoms with E-state index in [1.165, 1.54) is 0 Å². The molecule has 0 aliphatic heterocycles. The van der Waals surface area contributed by atoms with Crippen LogP contribution in [0, 0.1) is 6.92 Å². The van der Waals surface area contributed by atoms with Gasteiger partial charge in [0.25, 0.3) is 0 Å². The number of pyridine rings is 1. The maximum atomic E-state index is 5.90. The van der Waals surface area contributed by atoms with E-state index < -0.39 is 0 Å². The molecule has 0 atom stereocenters. The van der Waals surface area contributed by atoms with E-state index in [2.05, 4.69) is 26.0 Å². The van der Waals surface area contributed by atoms with E-state index >= 15 is 0 Å². The van der Waals surface area contributed by atoms with E-state index in [9.17, 15) is 0 Å². The van der Waals surface area contributed by atoms with E-state index in [1.807, 2.05) is 50.5 Å². The van der Waals surface area contributed by atoms with Gasteiger partial charge >= 0.3 is 0 Å². The van der Waals surface area contributed by atoms with Crippen molar-refractivity contribution in [1.29, 1.82) is 0 Å². The second-order valence-electron chi connectivity index (χ2n) is 4.68. The van der Waals surface area contributed by atoms with E-state index in [4.69, 9.17) is 4.74 Å². The fraction of sp³-hybridized carbons (Fsp3) is 0.200. The van der Waals surface area contributed by atoms with E-state index in [-0.39, 0.29) is 0 Å². The van der Waals surface area contributed by atoms with Gasteiger partial charge in [-0.3, -0.25) is 4.68 Å². The van der Waals surface area contributed by atoms with Crippen molar-refractivity contribution >= 4 is 26.8 Å². The lowest BCUT2D eigenvalue weighted by Crippen LogP contribution is -2.00. The Balaban J connectivity index is 1.91. The van der Waals surface area contributed by atoms with Crippen LogP contribution in [-0.2, 0) is 13.7 Å². The molecule has 0 aliphatic carbocycles. The number of rotatable bonds is 3. The molecule has 4 nitrogen and oxygen atoms in total. The normalized spacial score (nSPS) is 10.9. The van der Waals surface area contributed by atoms with Crippen molar-refractivity contribution < 1.29 is 4.74 Å². The summed E-state index contributed by atoms with van der Waals surface area (Å²) < 4.78 is 8.49. The number of ether oxygens (including phenoxy) is 1. The third-order valence-electron chi connectivity index (χ3n) is 3.13. The highest BCUT2D eigenvalue weighted by atomic mass is 79.9. The van der Waals surface area contributed by atoms with Gasteiger partial charge in [-0.05, 0) is 46.6 Å². The summed E-state index contributed by atoms with van der Waals surface area (Å²) in [7, 11) is 1.91. The molecule has 0 saturated carbocycles. The Kier molecular flexibility index (Phi) is 3.44. The minimum Gasteiger partial charge on any atom is -0.485 e. The van der Waals surface area contributed by atoms with Crippen LogP contribution in [0.5, 0.6) is 5.75 Å². The monoisotopic (exact) mass is 331 g/mol. The zero-order valence-electron chi connectivity index (χ0n) is 11.3. The molecule has 3 rings (SSSR count). The molecule has 2 aromatic heterocycles. The van der Waals surface area contributed by atoms with Crippen molar-refractivity contribution in [2.75, 3.05) is 0 Å². The molecule has 0 radical (unpaired) electrons. The number of aryl methyl sites for hydroxylation is 2. The number of nitrogens with zero attached hydrogens (tertiary/aromatic N) is 3. The topological polar surface area (TPSA) is 39.9 Å². The zero-order valence-corrected chi connectivity index (χ0v) is 12.9. The van der Waals surface area contributed by atoms with Crippen LogP contribution < -0.4 is 4.74 Å². The Morgan fingerprint density at radius 3 is 2.85 bits per heavy atom. The molecule has 3 aromatic rings. The summed E-state index contributed by atoms with van der Waals surface area (Å²) in [6.07, 6.45) is 1.98. The molecule has 0 unspecified atom stereocenters. The van der Waals surface area contributed by atoms with Crippen LogP contribution in [0.1, 0.15) is 11.3 Å². The summed E-state index contributed by atoms with van der Waals surface area (Å²) in [5.41, 5.74) is 2.93. The first kappa shape index (κ1) is 13.1. The molecule has 0 bridgehead atoms. The molecule has 102 valence electrons. The summed E-state index contributed by atoms with van der Waals surface area (Å²) >= 11 is 3.40. The number of para-hydroxylation sites is 1. The van der Waals surface area contributed by atoms with Gasteiger partial charge in [-0.1, -0.05) is 12.1 Å². The van der Waals surface area contributed by atoms with E-state index in [1.54, 1.807) is 4.68 Å². The highest BCUT2D eigenvalue weighted by Gasteiger charge is 2.08. The van der Waals surface area contributed by atoms with Crippen molar-refractivity contribution in [3.8, 4) is 5.75 Å². The van der Waals surface area contributed by atoms with Crippen molar-refractivity contribution in [3.63, 3.8) is 0 Å². The van der Waals surface area contributed by atoms with Gasteiger partial charge in [-0.25, -0.2) is 4.98 Å². The van der Waals surface area contributed by atoms with Gasteiger partial charge in [0.05, 0.1) is 0 Å². The quantitative estimate of drug-likeness (QED) is 0.688. The standard InChI is InChI=1S/C15H14BrN3O/c1-10-8-19(2)18-12(10)9-20-13-5-3-4-11-6-7-14(16)17-15(11)13/h3-8H,9H2,1-2H3. The van der Waals surface area contributed by atoms with Gasteiger partial charge in [0.2, 0.25) is 0 Å². The predicted molar refractivity (Wildman–Crippen MR) is 81.7 cm³/mol. The molecule has 5 heteroatoms. The average Bonchev–Trinajstić information content (AvgIpc) is 2.74. The number of hydrogen-bond acceptors (Lipinski definition) is 3. The van der Waals surface area contributed by atoms with Crippen LogP contribution in [0.4, 0.5) is 0 Å². The number of aromatic nitrogens is 3. The summed E-state index contributed by atoms with van der Waals surface area (Å²) in [4.78, 5) is 4.48. The Hall–Kier alpha value is -1.88. The molecule has 0 fully saturated rings. The summed E-state index contributed by atoms with van der Waals surface area (Å²) in [5.74, 6) is 0.772. The molecule has 20 heavy (non-hydrogen) atoms.